The number of aromatic nitrogens is 3. The quantitative estimate of drug-likeness (QED) is 0.504. The van der Waals surface area contributed by atoms with E-state index in [2.05, 4.69) is 27.6 Å². The maximum absolute atomic E-state index is 13.2. The standard InChI is InChI=1S/C24H27FN4OS/c1-16-7-13-21(14-8-16)29-22(17(2)26-23(30)19-5-3-4-6-19)27-28-24(29)31-15-18-9-11-20(25)12-10-18/h7-14,17,19H,3-6,15H2,1-2H3,(H,26,30). The zero-order valence-corrected chi connectivity index (χ0v) is 18.7. The van der Waals surface area contributed by atoms with Gasteiger partial charge in [-0.15, -0.1) is 10.2 Å². The van der Waals surface area contributed by atoms with E-state index in [-0.39, 0.29) is 23.7 Å². The van der Waals surface area contributed by atoms with Crippen molar-refractivity contribution >= 4 is 17.7 Å². The van der Waals surface area contributed by atoms with Crippen LogP contribution in [0.15, 0.2) is 53.7 Å². The van der Waals surface area contributed by atoms with Crippen LogP contribution < -0.4 is 5.32 Å². The minimum atomic E-state index is -0.262. The fourth-order valence-electron chi connectivity index (χ4n) is 3.90. The lowest BCUT2D eigenvalue weighted by Crippen LogP contribution is -2.33. The first kappa shape index (κ1) is 21.6. The molecule has 1 amide bonds. The Morgan fingerprint density at radius 1 is 1.13 bits per heavy atom. The third-order valence-electron chi connectivity index (χ3n) is 5.70. The zero-order valence-electron chi connectivity index (χ0n) is 17.8. The molecule has 7 heteroatoms. The van der Waals surface area contributed by atoms with E-state index in [0.29, 0.717) is 11.6 Å². The Kier molecular flexibility index (Phi) is 6.70. The highest BCUT2D eigenvalue weighted by Crippen LogP contribution is 2.29. The van der Waals surface area contributed by atoms with Crippen molar-refractivity contribution in [2.24, 2.45) is 5.92 Å². The van der Waals surface area contributed by atoms with E-state index in [0.717, 1.165) is 42.1 Å². The van der Waals surface area contributed by atoms with Gasteiger partial charge in [-0.1, -0.05) is 54.4 Å². The maximum atomic E-state index is 13.2. The van der Waals surface area contributed by atoms with Crippen molar-refractivity contribution in [1.82, 2.24) is 20.1 Å². The van der Waals surface area contributed by atoms with Crippen molar-refractivity contribution in [3.8, 4) is 5.69 Å². The monoisotopic (exact) mass is 438 g/mol. The number of aryl methyl sites for hydroxylation is 1. The predicted molar refractivity (Wildman–Crippen MR) is 121 cm³/mol. The lowest BCUT2D eigenvalue weighted by atomic mass is 10.1. The lowest BCUT2D eigenvalue weighted by molar-refractivity contribution is -0.125. The van der Waals surface area contributed by atoms with E-state index in [9.17, 15) is 9.18 Å². The van der Waals surface area contributed by atoms with Crippen LogP contribution in [0.1, 0.15) is 55.6 Å². The van der Waals surface area contributed by atoms with Gasteiger partial charge in [0.25, 0.3) is 0 Å². The molecule has 1 N–H and O–H groups in total. The Morgan fingerprint density at radius 2 is 1.81 bits per heavy atom. The van der Waals surface area contributed by atoms with Crippen LogP contribution in [0.2, 0.25) is 0 Å². The molecule has 1 aliphatic carbocycles. The minimum Gasteiger partial charge on any atom is -0.346 e. The molecule has 0 radical (unpaired) electrons. The van der Waals surface area contributed by atoms with Gasteiger partial charge in [-0.2, -0.15) is 0 Å². The number of nitrogens with zero attached hydrogens (tertiary/aromatic N) is 3. The number of carbonyl (C=O) groups is 1. The Morgan fingerprint density at radius 3 is 2.48 bits per heavy atom. The topological polar surface area (TPSA) is 59.8 Å². The second kappa shape index (κ2) is 9.64. The van der Waals surface area contributed by atoms with Gasteiger partial charge in [0.15, 0.2) is 11.0 Å². The molecule has 1 unspecified atom stereocenters. The molecule has 5 nitrogen and oxygen atoms in total. The van der Waals surface area contributed by atoms with Gasteiger partial charge < -0.3 is 5.32 Å². The SMILES string of the molecule is Cc1ccc(-n2c(SCc3ccc(F)cc3)nnc2C(C)NC(=O)C2CCCC2)cc1. The van der Waals surface area contributed by atoms with E-state index < -0.39 is 0 Å². The van der Waals surface area contributed by atoms with Crippen LogP contribution in [0.5, 0.6) is 0 Å². The highest BCUT2D eigenvalue weighted by molar-refractivity contribution is 7.98. The Hall–Kier alpha value is -2.67. The van der Waals surface area contributed by atoms with E-state index >= 15 is 0 Å². The van der Waals surface area contributed by atoms with Crippen LogP contribution >= 0.6 is 11.8 Å². The molecule has 0 bridgehead atoms. The van der Waals surface area contributed by atoms with Crippen molar-refractivity contribution in [2.75, 3.05) is 0 Å². The summed E-state index contributed by atoms with van der Waals surface area (Å²) in [6.07, 6.45) is 4.16. The first-order valence-corrected chi connectivity index (χ1v) is 11.7. The van der Waals surface area contributed by atoms with Gasteiger partial charge in [0.05, 0.1) is 6.04 Å². The molecule has 1 fully saturated rings. The van der Waals surface area contributed by atoms with E-state index in [1.165, 1.54) is 17.7 Å². The van der Waals surface area contributed by atoms with Crippen molar-refractivity contribution in [2.45, 2.75) is 56.5 Å². The molecule has 162 valence electrons. The van der Waals surface area contributed by atoms with Gasteiger partial charge in [0.1, 0.15) is 5.82 Å². The highest BCUT2D eigenvalue weighted by atomic mass is 32.2. The van der Waals surface area contributed by atoms with Crippen molar-refractivity contribution in [3.63, 3.8) is 0 Å². The third kappa shape index (κ3) is 5.15. The molecule has 1 aromatic heterocycles. The molecule has 1 atom stereocenters. The second-order valence-corrected chi connectivity index (χ2v) is 9.08. The van der Waals surface area contributed by atoms with Crippen molar-refractivity contribution < 1.29 is 9.18 Å². The maximum Gasteiger partial charge on any atom is 0.223 e. The fourth-order valence-corrected chi connectivity index (χ4v) is 4.82. The summed E-state index contributed by atoms with van der Waals surface area (Å²) in [5.74, 6) is 1.31. The Bertz CT molecular complexity index is 1030. The van der Waals surface area contributed by atoms with Crippen LogP contribution in [0, 0.1) is 18.7 Å². The molecule has 1 saturated carbocycles. The smallest absolute Gasteiger partial charge is 0.223 e. The van der Waals surface area contributed by atoms with Crippen LogP contribution in [0.3, 0.4) is 0 Å². The first-order valence-electron chi connectivity index (χ1n) is 10.7. The molecule has 3 aromatic rings. The summed E-state index contributed by atoms with van der Waals surface area (Å²) < 4.78 is 15.2. The lowest BCUT2D eigenvalue weighted by Gasteiger charge is -2.18. The molecule has 1 heterocycles. The van der Waals surface area contributed by atoms with Crippen molar-refractivity contribution in [1.29, 1.82) is 0 Å². The molecule has 4 rings (SSSR count). The minimum absolute atomic E-state index is 0.101. The van der Waals surface area contributed by atoms with Gasteiger partial charge in [-0.3, -0.25) is 9.36 Å². The van der Waals surface area contributed by atoms with E-state index in [4.69, 9.17) is 0 Å². The third-order valence-corrected chi connectivity index (χ3v) is 6.70. The van der Waals surface area contributed by atoms with Crippen LogP contribution in [0.4, 0.5) is 4.39 Å². The van der Waals surface area contributed by atoms with Crippen molar-refractivity contribution in [3.05, 3.63) is 71.3 Å². The first-order chi connectivity index (χ1) is 15.0. The normalized spacial score (nSPS) is 15.2. The summed E-state index contributed by atoms with van der Waals surface area (Å²) >= 11 is 1.54. The number of carbonyl (C=O) groups excluding carboxylic acids is 1. The largest absolute Gasteiger partial charge is 0.346 e. The van der Waals surface area contributed by atoms with Crippen LogP contribution in [-0.4, -0.2) is 20.7 Å². The number of hydrogen-bond acceptors (Lipinski definition) is 4. The number of thioether (sulfide) groups is 1. The molecule has 0 spiro atoms. The molecule has 2 aromatic carbocycles. The molecular formula is C24H27FN4OS. The molecule has 31 heavy (non-hydrogen) atoms. The van der Waals surface area contributed by atoms with Gasteiger partial charge in [0, 0.05) is 17.4 Å². The van der Waals surface area contributed by atoms with Gasteiger partial charge in [0.2, 0.25) is 5.91 Å². The number of hydrogen-bond donors (Lipinski definition) is 1. The number of amides is 1. The Labute approximate surface area is 186 Å². The summed E-state index contributed by atoms with van der Waals surface area (Å²) in [4.78, 5) is 12.7. The van der Waals surface area contributed by atoms with Crippen LogP contribution in [-0.2, 0) is 10.5 Å². The highest BCUT2D eigenvalue weighted by Gasteiger charge is 2.26. The number of nitrogens with one attached hydrogen (secondary N) is 1. The average Bonchev–Trinajstić information content (AvgIpc) is 3.44. The number of halogens is 1. The van der Waals surface area contributed by atoms with Crippen LogP contribution in [0.25, 0.3) is 5.69 Å². The van der Waals surface area contributed by atoms with E-state index in [1.54, 1.807) is 23.9 Å². The number of benzene rings is 2. The summed E-state index contributed by atoms with van der Waals surface area (Å²) in [7, 11) is 0. The van der Waals surface area contributed by atoms with Gasteiger partial charge in [-0.05, 0) is 56.5 Å². The molecule has 0 aliphatic heterocycles. The number of rotatable bonds is 7. The van der Waals surface area contributed by atoms with Gasteiger partial charge in [-0.25, -0.2) is 4.39 Å². The molecule has 1 aliphatic rings. The summed E-state index contributed by atoms with van der Waals surface area (Å²) in [6, 6.07) is 14.4. The second-order valence-electron chi connectivity index (χ2n) is 8.14. The zero-order chi connectivity index (χ0) is 21.8. The fraction of sp³-hybridized carbons (Fsp3) is 0.375. The molecule has 0 saturated heterocycles. The average molecular weight is 439 g/mol. The Balaban J connectivity index is 1.59. The predicted octanol–water partition coefficient (Wildman–Crippen LogP) is 5.37. The molecular weight excluding hydrogens is 411 g/mol. The summed E-state index contributed by atoms with van der Waals surface area (Å²) in [6.45, 7) is 4.00. The summed E-state index contributed by atoms with van der Waals surface area (Å²) in [5, 5.41) is 12.7. The van der Waals surface area contributed by atoms with Gasteiger partial charge >= 0.3 is 0 Å². The summed E-state index contributed by atoms with van der Waals surface area (Å²) in [5.41, 5.74) is 3.13. The van der Waals surface area contributed by atoms with E-state index in [1.807, 2.05) is 30.5 Å².